The van der Waals surface area contributed by atoms with Crippen molar-refractivity contribution < 1.29 is 9.90 Å². The molecule has 1 atom stereocenters. The summed E-state index contributed by atoms with van der Waals surface area (Å²) in [5.41, 5.74) is -0.608. The summed E-state index contributed by atoms with van der Waals surface area (Å²) in [5.74, 6) is 0.219. The summed E-state index contributed by atoms with van der Waals surface area (Å²) >= 11 is 1.40. The minimum atomic E-state index is -0.664. The van der Waals surface area contributed by atoms with Crippen molar-refractivity contribution >= 4 is 22.6 Å². The summed E-state index contributed by atoms with van der Waals surface area (Å²) in [6, 6.07) is 0. The molecular weight excluding hydrogens is 274 g/mol. The average Bonchev–Trinajstić information content (AvgIpc) is 2.88. The smallest absolute Gasteiger partial charge is 0.311 e. The third kappa shape index (κ3) is 3.11. The summed E-state index contributed by atoms with van der Waals surface area (Å²) in [7, 11) is 0. The van der Waals surface area contributed by atoms with E-state index in [-0.39, 0.29) is 0 Å². The van der Waals surface area contributed by atoms with Crippen LogP contribution in [0.2, 0.25) is 0 Å². The number of carboxylic acid groups (broad SMARTS) is 1. The lowest BCUT2D eigenvalue weighted by molar-refractivity contribution is -0.150. The van der Waals surface area contributed by atoms with E-state index in [2.05, 4.69) is 21.2 Å². The molecule has 112 valence electrons. The molecule has 0 bridgehead atoms. The number of carboxylic acids is 1. The Morgan fingerprint density at radius 1 is 1.45 bits per heavy atom. The highest BCUT2D eigenvalue weighted by Crippen LogP contribution is 2.37. The van der Waals surface area contributed by atoms with Gasteiger partial charge in [-0.05, 0) is 25.7 Å². The Labute approximate surface area is 124 Å². The standard InChI is InChI=1S/C14H23N3O2S/c1-3-6-11-15-13(20-16-11)17-9-5-8-14(10-17,7-4-2)12(18)19/h3-10H2,1-2H3,(H,18,19). The molecule has 1 aliphatic heterocycles. The summed E-state index contributed by atoms with van der Waals surface area (Å²) in [4.78, 5) is 18.4. The zero-order valence-electron chi connectivity index (χ0n) is 12.3. The van der Waals surface area contributed by atoms with Crippen molar-refractivity contribution in [2.75, 3.05) is 18.0 Å². The summed E-state index contributed by atoms with van der Waals surface area (Å²) in [6.45, 7) is 5.61. The van der Waals surface area contributed by atoms with Gasteiger partial charge in [0.05, 0.1) is 5.41 Å². The highest BCUT2D eigenvalue weighted by molar-refractivity contribution is 7.09. The quantitative estimate of drug-likeness (QED) is 0.874. The van der Waals surface area contributed by atoms with E-state index in [1.807, 2.05) is 6.92 Å². The zero-order valence-corrected chi connectivity index (χ0v) is 13.1. The topological polar surface area (TPSA) is 66.3 Å². The minimum Gasteiger partial charge on any atom is -0.481 e. The van der Waals surface area contributed by atoms with Gasteiger partial charge in [0, 0.05) is 31.0 Å². The number of hydrogen-bond acceptors (Lipinski definition) is 5. The van der Waals surface area contributed by atoms with Gasteiger partial charge in [-0.15, -0.1) is 0 Å². The predicted octanol–water partition coefficient (Wildman–Crippen LogP) is 2.96. The van der Waals surface area contributed by atoms with Crippen molar-refractivity contribution in [1.82, 2.24) is 9.36 Å². The van der Waals surface area contributed by atoms with Crippen molar-refractivity contribution in [3.63, 3.8) is 0 Å². The van der Waals surface area contributed by atoms with Gasteiger partial charge in [-0.1, -0.05) is 20.3 Å². The van der Waals surface area contributed by atoms with Gasteiger partial charge >= 0.3 is 5.97 Å². The third-order valence-electron chi connectivity index (χ3n) is 3.96. The Morgan fingerprint density at radius 3 is 2.90 bits per heavy atom. The molecule has 20 heavy (non-hydrogen) atoms. The normalized spacial score (nSPS) is 23.0. The van der Waals surface area contributed by atoms with Crippen molar-refractivity contribution in [1.29, 1.82) is 0 Å². The first kappa shape index (κ1) is 15.2. The summed E-state index contributed by atoms with van der Waals surface area (Å²) < 4.78 is 4.36. The molecule has 0 radical (unpaired) electrons. The Hall–Kier alpha value is -1.17. The lowest BCUT2D eigenvalue weighted by Gasteiger charge is -2.39. The number of rotatable bonds is 6. The molecule has 1 saturated heterocycles. The molecule has 1 N–H and O–H groups in total. The Bertz CT molecular complexity index is 459. The largest absolute Gasteiger partial charge is 0.481 e. The van der Waals surface area contributed by atoms with Gasteiger partial charge < -0.3 is 10.0 Å². The first-order chi connectivity index (χ1) is 9.61. The number of nitrogens with zero attached hydrogens (tertiary/aromatic N) is 3. The zero-order chi connectivity index (χ0) is 14.6. The fourth-order valence-electron chi connectivity index (χ4n) is 2.96. The lowest BCUT2D eigenvalue weighted by atomic mass is 9.76. The van der Waals surface area contributed by atoms with Crippen molar-refractivity contribution in [3.05, 3.63) is 5.82 Å². The van der Waals surface area contributed by atoms with Crippen LogP contribution in [-0.4, -0.2) is 33.5 Å². The molecule has 1 fully saturated rings. The summed E-state index contributed by atoms with van der Waals surface area (Å²) in [6.07, 6.45) is 5.24. The first-order valence-corrected chi connectivity index (χ1v) is 8.19. The van der Waals surface area contributed by atoms with Crippen LogP contribution >= 0.6 is 11.5 Å². The highest BCUT2D eigenvalue weighted by Gasteiger charge is 2.42. The SMILES string of the molecule is CCCc1nsc(N2CCCC(CCC)(C(=O)O)C2)n1. The van der Waals surface area contributed by atoms with E-state index in [1.54, 1.807) is 0 Å². The molecule has 1 unspecified atom stereocenters. The number of carbonyl (C=O) groups is 1. The van der Waals surface area contributed by atoms with Gasteiger partial charge in [0.2, 0.25) is 5.13 Å². The van der Waals surface area contributed by atoms with E-state index in [0.29, 0.717) is 6.54 Å². The second kappa shape index (κ2) is 6.52. The molecule has 0 aromatic carbocycles. The molecule has 0 saturated carbocycles. The highest BCUT2D eigenvalue weighted by atomic mass is 32.1. The number of aryl methyl sites for hydroxylation is 1. The lowest BCUT2D eigenvalue weighted by Crippen LogP contribution is -2.48. The minimum absolute atomic E-state index is 0.566. The fraction of sp³-hybridized carbons (Fsp3) is 0.786. The molecule has 6 heteroatoms. The van der Waals surface area contributed by atoms with Gasteiger partial charge in [-0.3, -0.25) is 4.79 Å². The molecule has 5 nitrogen and oxygen atoms in total. The van der Waals surface area contributed by atoms with E-state index in [0.717, 1.165) is 56.0 Å². The molecule has 0 spiro atoms. The fourth-order valence-corrected chi connectivity index (χ4v) is 3.69. The first-order valence-electron chi connectivity index (χ1n) is 7.42. The molecule has 0 aliphatic carbocycles. The van der Waals surface area contributed by atoms with Crippen LogP contribution in [0.15, 0.2) is 0 Å². The van der Waals surface area contributed by atoms with Crippen LogP contribution < -0.4 is 4.90 Å². The molecule has 2 rings (SSSR count). The number of anilines is 1. The van der Waals surface area contributed by atoms with E-state index >= 15 is 0 Å². The molecule has 0 amide bonds. The third-order valence-corrected chi connectivity index (χ3v) is 4.78. The van der Waals surface area contributed by atoms with Gasteiger partial charge in [0.25, 0.3) is 0 Å². The van der Waals surface area contributed by atoms with Crippen LogP contribution in [0.1, 0.15) is 51.8 Å². The Balaban J connectivity index is 2.14. The van der Waals surface area contributed by atoms with E-state index in [1.165, 1.54) is 11.5 Å². The second-order valence-corrected chi connectivity index (χ2v) is 6.33. The van der Waals surface area contributed by atoms with Crippen molar-refractivity contribution in [2.45, 2.75) is 52.4 Å². The van der Waals surface area contributed by atoms with Crippen LogP contribution in [0, 0.1) is 5.41 Å². The van der Waals surface area contributed by atoms with Crippen molar-refractivity contribution in [3.8, 4) is 0 Å². The molecule has 1 aliphatic rings. The summed E-state index contributed by atoms with van der Waals surface area (Å²) in [5, 5.41) is 10.5. The second-order valence-electron chi connectivity index (χ2n) is 5.60. The van der Waals surface area contributed by atoms with E-state index in [4.69, 9.17) is 0 Å². The number of aliphatic carboxylic acids is 1. The monoisotopic (exact) mass is 297 g/mol. The number of piperidine rings is 1. The van der Waals surface area contributed by atoms with Crippen LogP contribution in [0.5, 0.6) is 0 Å². The molecular formula is C14H23N3O2S. The maximum Gasteiger partial charge on any atom is 0.311 e. The maximum atomic E-state index is 11.7. The molecule has 1 aromatic rings. The maximum absolute atomic E-state index is 11.7. The average molecular weight is 297 g/mol. The van der Waals surface area contributed by atoms with Gasteiger partial charge in [-0.25, -0.2) is 4.98 Å². The molecule has 1 aromatic heterocycles. The number of hydrogen-bond donors (Lipinski definition) is 1. The Morgan fingerprint density at radius 2 is 2.25 bits per heavy atom. The van der Waals surface area contributed by atoms with Crippen LogP contribution in [-0.2, 0) is 11.2 Å². The van der Waals surface area contributed by atoms with Gasteiger partial charge in [0.15, 0.2) is 0 Å². The van der Waals surface area contributed by atoms with E-state index in [9.17, 15) is 9.90 Å². The molecule has 2 heterocycles. The predicted molar refractivity (Wildman–Crippen MR) is 80.3 cm³/mol. The van der Waals surface area contributed by atoms with Crippen LogP contribution in [0.25, 0.3) is 0 Å². The van der Waals surface area contributed by atoms with Crippen LogP contribution in [0.4, 0.5) is 5.13 Å². The van der Waals surface area contributed by atoms with E-state index < -0.39 is 11.4 Å². The van der Waals surface area contributed by atoms with Gasteiger partial charge in [-0.2, -0.15) is 4.37 Å². The Kier molecular flexibility index (Phi) is 4.96. The van der Waals surface area contributed by atoms with Gasteiger partial charge in [0.1, 0.15) is 5.82 Å². The van der Waals surface area contributed by atoms with Crippen molar-refractivity contribution in [2.24, 2.45) is 5.41 Å². The van der Waals surface area contributed by atoms with Crippen LogP contribution in [0.3, 0.4) is 0 Å². The number of aromatic nitrogens is 2.